The molecule has 1 saturated carbocycles. The van der Waals surface area contributed by atoms with Crippen molar-refractivity contribution in [3.63, 3.8) is 0 Å². The molecule has 3 N–H and O–H groups in total. The van der Waals surface area contributed by atoms with Gasteiger partial charge in [0.1, 0.15) is 6.61 Å². The van der Waals surface area contributed by atoms with Gasteiger partial charge in [-0.3, -0.25) is 4.79 Å². The molecule has 8 nitrogen and oxygen atoms in total. The summed E-state index contributed by atoms with van der Waals surface area (Å²) in [6, 6.07) is 16.3. The Hall–Kier alpha value is -3.39. The van der Waals surface area contributed by atoms with Crippen molar-refractivity contribution in [2.75, 3.05) is 19.8 Å². The van der Waals surface area contributed by atoms with E-state index in [2.05, 4.69) is 34.9 Å². The molecule has 3 aliphatic rings. The number of carbonyl (C=O) groups excluding carboxylic acids is 2. The van der Waals surface area contributed by atoms with Gasteiger partial charge >= 0.3 is 12.1 Å². The Labute approximate surface area is 204 Å². The van der Waals surface area contributed by atoms with E-state index in [1.165, 1.54) is 11.1 Å². The minimum atomic E-state index is -1.01. The maximum Gasteiger partial charge on any atom is 0.407 e. The average Bonchev–Trinajstić information content (AvgIpc) is 3.43. The lowest BCUT2D eigenvalue weighted by atomic mass is 9.74. The van der Waals surface area contributed by atoms with Crippen LogP contribution in [-0.2, 0) is 19.1 Å². The molecule has 5 rings (SSSR count). The van der Waals surface area contributed by atoms with Crippen LogP contribution in [0.25, 0.3) is 11.1 Å². The van der Waals surface area contributed by atoms with E-state index < -0.39 is 23.7 Å². The first-order chi connectivity index (χ1) is 17.0. The third kappa shape index (κ3) is 4.75. The predicted octanol–water partition coefficient (Wildman–Crippen LogP) is 3.44. The number of fused-ring (bicyclic) bond motifs is 3. The number of hydrogen-bond donors (Lipinski definition) is 3. The van der Waals surface area contributed by atoms with Crippen molar-refractivity contribution in [1.29, 1.82) is 0 Å². The molecule has 0 aromatic heterocycles. The Morgan fingerprint density at radius 2 is 1.69 bits per heavy atom. The highest BCUT2D eigenvalue weighted by Gasteiger charge is 2.42. The van der Waals surface area contributed by atoms with Crippen LogP contribution in [0.15, 0.2) is 48.5 Å². The summed E-state index contributed by atoms with van der Waals surface area (Å²) in [5, 5.41) is 15.0. The molecular formula is C27H30N2O6. The van der Waals surface area contributed by atoms with E-state index in [1.807, 2.05) is 24.3 Å². The highest BCUT2D eigenvalue weighted by atomic mass is 16.5. The normalized spacial score (nSPS) is 21.9. The summed E-state index contributed by atoms with van der Waals surface area (Å²) < 4.78 is 10.9. The molecule has 1 heterocycles. The first-order valence-electron chi connectivity index (χ1n) is 12.2. The summed E-state index contributed by atoms with van der Waals surface area (Å²) in [5.74, 6) is -1.48. The van der Waals surface area contributed by atoms with Gasteiger partial charge in [0.05, 0.1) is 5.54 Å². The van der Waals surface area contributed by atoms with Crippen LogP contribution in [0.1, 0.15) is 49.1 Å². The molecular weight excluding hydrogens is 448 g/mol. The van der Waals surface area contributed by atoms with Crippen LogP contribution in [0, 0.1) is 5.92 Å². The number of alkyl carbamates (subject to hydrolysis) is 1. The Morgan fingerprint density at radius 1 is 1.03 bits per heavy atom. The van der Waals surface area contributed by atoms with E-state index in [9.17, 15) is 19.5 Å². The van der Waals surface area contributed by atoms with Crippen molar-refractivity contribution in [2.24, 2.45) is 5.92 Å². The minimum Gasteiger partial charge on any atom is -0.479 e. The lowest BCUT2D eigenvalue weighted by Gasteiger charge is -2.41. The number of benzene rings is 2. The number of ether oxygens (including phenoxy) is 2. The molecule has 184 valence electrons. The van der Waals surface area contributed by atoms with E-state index >= 15 is 0 Å². The maximum absolute atomic E-state index is 12.8. The van der Waals surface area contributed by atoms with E-state index in [0.29, 0.717) is 25.9 Å². The number of hydrogen-bond acceptors (Lipinski definition) is 5. The Balaban J connectivity index is 1.15. The molecule has 1 aliphatic heterocycles. The lowest BCUT2D eigenvalue weighted by molar-refractivity contribution is -0.149. The molecule has 0 radical (unpaired) electrons. The fourth-order valence-corrected chi connectivity index (χ4v) is 5.53. The third-order valence-corrected chi connectivity index (χ3v) is 7.54. The SMILES string of the molecule is O=C(CC1(NC(=O)OCC2c3ccccc3-c3ccccc32)CCC1)NC[C@@H]1CCO[C@@H]1C(=O)O. The summed E-state index contributed by atoms with van der Waals surface area (Å²) in [4.78, 5) is 36.6. The van der Waals surface area contributed by atoms with Gasteiger partial charge in [0.25, 0.3) is 0 Å². The van der Waals surface area contributed by atoms with Crippen molar-refractivity contribution in [3.8, 4) is 11.1 Å². The zero-order chi connectivity index (χ0) is 24.4. The second-order valence-corrected chi connectivity index (χ2v) is 9.74. The molecule has 2 atom stereocenters. The van der Waals surface area contributed by atoms with E-state index in [4.69, 9.17) is 9.47 Å². The largest absolute Gasteiger partial charge is 0.479 e. The first kappa shape index (κ1) is 23.4. The fourth-order valence-electron chi connectivity index (χ4n) is 5.53. The van der Waals surface area contributed by atoms with Gasteiger partial charge in [-0.05, 0) is 47.9 Å². The standard InChI is InChI=1S/C27H30N2O6/c30-23(28-15-17-10-13-34-24(17)25(31)32)14-27(11-5-12-27)29-26(33)35-16-22-20-8-3-1-6-18(20)19-7-2-4-9-21(19)22/h1-4,6-9,17,22,24H,5,10-16H2,(H,28,30)(H,29,33)(H,31,32)/t17-,24-/m0/s1. The third-order valence-electron chi connectivity index (χ3n) is 7.54. The van der Waals surface area contributed by atoms with Gasteiger partial charge < -0.3 is 25.2 Å². The molecule has 0 unspecified atom stereocenters. The smallest absolute Gasteiger partial charge is 0.407 e. The fraction of sp³-hybridized carbons (Fsp3) is 0.444. The van der Waals surface area contributed by atoms with Gasteiger partial charge in [-0.15, -0.1) is 0 Å². The van der Waals surface area contributed by atoms with E-state index in [1.54, 1.807) is 0 Å². The van der Waals surface area contributed by atoms with Crippen LogP contribution in [0.5, 0.6) is 0 Å². The molecule has 0 bridgehead atoms. The van der Waals surface area contributed by atoms with Gasteiger partial charge in [0, 0.05) is 31.4 Å². The molecule has 0 spiro atoms. The molecule has 2 amide bonds. The monoisotopic (exact) mass is 478 g/mol. The molecule has 1 saturated heterocycles. The van der Waals surface area contributed by atoms with Crippen LogP contribution >= 0.6 is 0 Å². The second kappa shape index (κ2) is 9.70. The topological polar surface area (TPSA) is 114 Å². The first-order valence-corrected chi connectivity index (χ1v) is 12.2. The lowest BCUT2D eigenvalue weighted by Crippen LogP contribution is -2.56. The summed E-state index contributed by atoms with van der Waals surface area (Å²) in [7, 11) is 0. The van der Waals surface area contributed by atoms with Crippen LogP contribution < -0.4 is 10.6 Å². The predicted molar refractivity (Wildman–Crippen MR) is 128 cm³/mol. The Morgan fingerprint density at radius 3 is 2.29 bits per heavy atom. The summed E-state index contributed by atoms with van der Waals surface area (Å²) in [6.45, 7) is 0.849. The summed E-state index contributed by atoms with van der Waals surface area (Å²) >= 11 is 0. The minimum absolute atomic E-state index is 0.0235. The maximum atomic E-state index is 12.8. The van der Waals surface area contributed by atoms with Crippen molar-refractivity contribution in [3.05, 3.63) is 59.7 Å². The van der Waals surface area contributed by atoms with Crippen LogP contribution in [0.3, 0.4) is 0 Å². The van der Waals surface area contributed by atoms with Crippen LogP contribution in [0.4, 0.5) is 4.79 Å². The number of nitrogens with one attached hydrogen (secondary N) is 2. The van der Waals surface area contributed by atoms with Gasteiger partial charge in [0.2, 0.25) is 5.91 Å². The zero-order valence-electron chi connectivity index (χ0n) is 19.5. The van der Waals surface area contributed by atoms with Crippen molar-refractivity contribution in [2.45, 2.75) is 49.7 Å². The second-order valence-electron chi connectivity index (χ2n) is 9.74. The van der Waals surface area contributed by atoms with Crippen molar-refractivity contribution in [1.82, 2.24) is 10.6 Å². The molecule has 8 heteroatoms. The molecule has 2 aliphatic carbocycles. The number of carboxylic acids is 1. The van der Waals surface area contributed by atoms with Crippen LogP contribution in [-0.4, -0.2) is 54.5 Å². The van der Waals surface area contributed by atoms with Gasteiger partial charge in [-0.2, -0.15) is 0 Å². The van der Waals surface area contributed by atoms with Crippen molar-refractivity contribution >= 4 is 18.0 Å². The average molecular weight is 479 g/mol. The number of rotatable bonds is 8. The number of aliphatic carboxylic acids is 1. The highest BCUT2D eigenvalue weighted by Crippen LogP contribution is 2.44. The zero-order valence-corrected chi connectivity index (χ0v) is 19.5. The summed E-state index contributed by atoms with van der Waals surface area (Å²) in [5.41, 5.74) is 4.01. The van der Waals surface area contributed by atoms with Gasteiger partial charge in [-0.1, -0.05) is 48.5 Å². The van der Waals surface area contributed by atoms with Gasteiger partial charge in [0.15, 0.2) is 6.10 Å². The highest BCUT2D eigenvalue weighted by molar-refractivity contribution is 5.80. The number of carboxylic acid groups (broad SMARTS) is 1. The summed E-state index contributed by atoms with van der Waals surface area (Å²) in [6.07, 6.45) is 1.67. The molecule has 35 heavy (non-hydrogen) atoms. The van der Waals surface area contributed by atoms with Crippen LogP contribution in [0.2, 0.25) is 0 Å². The molecule has 2 aromatic carbocycles. The molecule has 2 fully saturated rings. The quantitative estimate of drug-likeness (QED) is 0.536. The van der Waals surface area contributed by atoms with E-state index in [0.717, 1.165) is 17.5 Å². The molecule has 2 aromatic rings. The Bertz CT molecular complexity index is 1080. The Kier molecular flexibility index (Phi) is 6.47. The number of amides is 2. The van der Waals surface area contributed by atoms with E-state index in [-0.39, 0.29) is 37.3 Å². The number of carbonyl (C=O) groups is 3. The van der Waals surface area contributed by atoms with Gasteiger partial charge in [-0.25, -0.2) is 9.59 Å². The van der Waals surface area contributed by atoms with Crippen molar-refractivity contribution < 1.29 is 29.0 Å².